The minimum atomic E-state index is -0.0444. The van der Waals surface area contributed by atoms with E-state index in [1.165, 1.54) is 6.92 Å². The van der Waals surface area contributed by atoms with Crippen molar-refractivity contribution in [1.82, 2.24) is 15.3 Å². The number of carbonyl (C=O) groups is 1. The van der Waals surface area contributed by atoms with Crippen LogP contribution in [-0.4, -0.2) is 29.0 Å². The van der Waals surface area contributed by atoms with Gasteiger partial charge in [0, 0.05) is 36.0 Å². The number of hydrogen-bond donors (Lipinski definition) is 2. The third kappa shape index (κ3) is 3.60. The van der Waals surface area contributed by atoms with Gasteiger partial charge in [-0.1, -0.05) is 23.7 Å². The summed E-state index contributed by atoms with van der Waals surface area (Å²) in [5, 5.41) is 9.78. The highest BCUT2D eigenvalue weighted by Crippen LogP contribution is 2.36. The second-order valence-corrected chi connectivity index (χ2v) is 6.26. The molecule has 0 spiro atoms. The lowest BCUT2D eigenvalue weighted by atomic mass is 10.1. The van der Waals surface area contributed by atoms with Crippen LogP contribution >= 0.6 is 22.9 Å². The van der Waals surface area contributed by atoms with Crippen LogP contribution in [0.25, 0.3) is 21.3 Å². The first-order valence-electron chi connectivity index (χ1n) is 7.11. The van der Waals surface area contributed by atoms with Gasteiger partial charge in [-0.05, 0) is 17.7 Å². The molecule has 3 rings (SSSR count). The summed E-state index contributed by atoms with van der Waals surface area (Å²) in [5.41, 5.74) is 2.14. The number of hydrogen-bond acceptors (Lipinski definition) is 5. The van der Waals surface area contributed by atoms with Crippen molar-refractivity contribution in [2.45, 2.75) is 6.92 Å². The van der Waals surface area contributed by atoms with Crippen LogP contribution in [0.2, 0.25) is 5.02 Å². The number of benzene rings is 1. The van der Waals surface area contributed by atoms with Crippen LogP contribution in [0.5, 0.6) is 0 Å². The molecule has 0 atom stereocenters. The highest BCUT2D eigenvalue weighted by molar-refractivity contribution is 7.17. The van der Waals surface area contributed by atoms with E-state index < -0.39 is 0 Å². The average Bonchev–Trinajstić information content (AvgIpc) is 2.97. The van der Waals surface area contributed by atoms with E-state index in [9.17, 15) is 4.79 Å². The van der Waals surface area contributed by atoms with Gasteiger partial charge in [0.25, 0.3) is 0 Å². The second-order valence-electron chi connectivity index (χ2n) is 4.97. The van der Waals surface area contributed by atoms with E-state index in [2.05, 4.69) is 26.0 Å². The van der Waals surface area contributed by atoms with Gasteiger partial charge in [0.2, 0.25) is 5.91 Å². The number of carbonyl (C=O) groups excluding carboxylic acids is 1. The standard InChI is InChI=1S/C16H15ClN4OS/c1-10(22)18-6-7-19-15-14-13(8-23-16(14)21-9-20-15)11-2-4-12(17)5-3-11/h2-5,8-9H,6-7H2,1H3,(H,18,22)(H,19,20,21). The van der Waals surface area contributed by atoms with Gasteiger partial charge in [0.1, 0.15) is 17.0 Å². The molecular weight excluding hydrogens is 332 g/mol. The highest BCUT2D eigenvalue weighted by Gasteiger charge is 2.12. The van der Waals surface area contributed by atoms with E-state index in [1.54, 1.807) is 17.7 Å². The fraction of sp³-hybridized carbons (Fsp3) is 0.188. The molecule has 1 aromatic carbocycles. The quantitative estimate of drug-likeness (QED) is 0.693. The zero-order valence-electron chi connectivity index (χ0n) is 12.5. The van der Waals surface area contributed by atoms with Crippen LogP contribution in [0.4, 0.5) is 5.82 Å². The Kier molecular flexibility index (Phi) is 4.73. The fourth-order valence-electron chi connectivity index (χ4n) is 2.27. The summed E-state index contributed by atoms with van der Waals surface area (Å²) < 4.78 is 0. The van der Waals surface area contributed by atoms with Gasteiger partial charge >= 0.3 is 0 Å². The van der Waals surface area contributed by atoms with Gasteiger partial charge in [0.05, 0.1) is 5.39 Å². The molecule has 118 valence electrons. The van der Waals surface area contributed by atoms with E-state index in [-0.39, 0.29) is 5.91 Å². The Morgan fingerprint density at radius 2 is 2.00 bits per heavy atom. The molecule has 7 heteroatoms. The second kappa shape index (κ2) is 6.93. The molecule has 3 aromatic rings. The lowest BCUT2D eigenvalue weighted by Crippen LogP contribution is -2.26. The maximum absolute atomic E-state index is 10.9. The number of thiophene rings is 1. The molecule has 0 fully saturated rings. The first-order valence-corrected chi connectivity index (χ1v) is 8.37. The predicted octanol–water partition coefficient (Wildman–Crippen LogP) is 3.56. The number of anilines is 1. The van der Waals surface area contributed by atoms with Gasteiger partial charge in [-0.25, -0.2) is 9.97 Å². The lowest BCUT2D eigenvalue weighted by Gasteiger charge is -2.08. The molecule has 0 aliphatic rings. The Labute approximate surface area is 142 Å². The Balaban J connectivity index is 1.91. The molecule has 23 heavy (non-hydrogen) atoms. The van der Waals surface area contributed by atoms with Crippen LogP contribution in [0.15, 0.2) is 36.0 Å². The summed E-state index contributed by atoms with van der Waals surface area (Å²) >= 11 is 7.54. The minimum Gasteiger partial charge on any atom is -0.368 e. The minimum absolute atomic E-state index is 0.0444. The van der Waals surface area contributed by atoms with Crippen molar-refractivity contribution in [1.29, 1.82) is 0 Å². The van der Waals surface area contributed by atoms with Gasteiger partial charge < -0.3 is 10.6 Å². The predicted molar refractivity (Wildman–Crippen MR) is 95.0 cm³/mol. The maximum Gasteiger partial charge on any atom is 0.216 e. The van der Waals surface area contributed by atoms with E-state index in [0.717, 1.165) is 27.2 Å². The largest absolute Gasteiger partial charge is 0.368 e. The molecule has 1 amide bonds. The topological polar surface area (TPSA) is 66.9 Å². The Bertz CT molecular complexity index is 832. The van der Waals surface area contributed by atoms with Crippen LogP contribution in [0, 0.1) is 0 Å². The first kappa shape index (κ1) is 15.7. The normalized spacial score (nSPS) is 10.7. The van der Waals surface area contributed by atoms with Crippen LogP contribution in [0.1, 0.15) is 6.92 Å². The van der Waals surface area contributed by atoms with E-state index >= 15 is 0 Å². The summed E-state index contributed by atoms with van der Waals surface area (Å²) in [4.78, 5) is 20.5. The summed E-state index contributed by atoms with van der Waals surface area (Å²) in [6.45, 7) is 2.64. The molecule has 5 nitrogen and oxygen atoms in total. The zero-order valence-corrected chi connectivity index (χ0v) is 14.0. The molecule has 2 N–H and O–H groups in total. The average molecular weight is 347 g/mol. The molecule has 2 aromatic heterocycles. The Hall–Kier alpha value is -2.18. The summed E-state index contributed by atoms with van der Waals surface area (Å²) in [6, 6.07) is 7.71. The summed E-state index contributed by atoms with van der Waals surface area (Å²) in [5.74, 6) is 0.726. The van der Waals surface area contributed by atoms with Crippen molar-refractivity contribution in [3.05, 3.63) is 41.0 Å². The lowest BCUT2D eigenvalue weighted by molar-refractivity contribution is -0.118. The Morgan fingerprint density at radius 1 is 1.22 bits per heavy atom. The van der Waals surface area contributed by atoms with Crippen molar-refractivity contribution in [3.8, 4) is 11.1 Å². The number of halogens is 1. The molecule has 0 aliphatic carbocycles. The SMILES string of the molecule is CC(=O)NCCNc1ncnc2scc(-c3ccc(Cl)cc3)c12. The third-order valence-corrected chi connectivity index (χ3v) is 4.46. The van der Waals surface area contributed by atoms with E-state index in [4.69, 9.17) is 11.6 Å². The van der Waals surface area contributed by atoms with Crippen molar-refractivity contribution < 1.29 is 4.79 Å². The van der Waals surface area contributed by atoms with Crippen molar-refractivity contribution in [2.24, 2.45) is 0 Å². The van der Waals surface area contributed by atoms with E-state index in [0.29, 0.717) is 18.1 Å². The number of aromatic nitrogens is 2. The van der Waals surface area contributed by atoms with Crippen molar-refractivity contribution in [2.75, 3.05) is 18.4 Å². The van der Waals surface area contributed by atoms with Crippen LogP contribution in [0.3, 0.4) is 0 Å². The molecule has 0 saturated carbocycles. The monoisotopic (exact) mass is 346 g/mol. The summed E-state index contributed by atoms with van der Waals surface area (Å²) in [6.07, 6.45) is 1.55. The van der Waals surface area contributed by atoms with Crippen molar-refractivity contribution in [3.63, 3.8) is 0 Å². The maximum atomic E-state index is 10.9. The number of rotatable bonds is 5. The van der Waals surface area contributed by atoms with Crippen LogP contribution in [-0.2, 0) is 4.79 Å². The summed E-state index contributed by atoms with van der Waals surface area (Å²) in [7, 11) is 0. The molecule has 0 bridgehead atoms. The van der Waals surface area contributed by atoms with Gasteiger partial charge in [-0.15, -0.1) is 11.3 Å². The smallest absolute Gasteiger partial charge is 0.216 e. The molecule has 2 heterocycles. The number of fused-ring (bicyclic) bond motifs is 1. The Morgan fingerprint density at radius 3 is 2.74 bits per heavy atom. The molecular formula is C16H15ClN4OS. The molecule has 0 unspecified atom stereocenters. The van der Waals surface area contributed by atoms with Gasteiger partial charge in [-0.2, -0.15) is 0 Å². The van der Waals surface area contributed by atoms with E-state index in [1.807, 2.05) is 24.3 Å². The number of nitrogens with one attached hydrogen (secondary N) is 2. The highest BCUT2D eigenvalue weighted by atomic mass is 35.5. The van der Waals surface area contributed by atoms with Gasteiger partial charge in [0.15, 0.2) is 0 Å². The fourth-order valence-corrected chi connectivity index (χ4v) is 3.31. The zero-order chi connectivity index (χ0) is 16.2. The van der Waals surface area contributed by atoms with Crippen LogP contribution < -0.4 is 10.6 Å². The first-order chi connectivity index (χ1) is 11.1. The molecule has 0 radical (unpaired) electrons. The molecule has 0 aliphatic heterocycles. The van der Waals surface area contributed by atoms with Gasteiger partial charge in [-0.3, -0.25) is 4.79 Å². The van der Waals surface area contributed by atoms with Crippen molar-refractivity contribution >= 4 is 44.9 Å². The third-order valence-electron chi connectivity index (χ3n) is 3.32. The number of amides is 1. The number of nitrogens with zero attached hydrogens (tertiary/aromatic N) is 2. The molecule has 0 saturated heterocycles.